The lowest BCUT2D eigenvalue weighted by Gasteiger charge is -2.21. The van der Waals surface area contributed by atoms with Crippen molar-refractivity contribution in [1.29, 1.82) is 0 Å². The Labute approximate surface area is 144 Å². The first-order valence-corrected chi connectivity index (χ1v) is 8.68. The van der Waals surface area contributed by atoms with E-state index in [4.69, 9.17) is 5.21 Å². The van der Waals surface area contributed by atoms with E-state index in [-0.39, 0.29) is 11.8 Å². The fourth-order valence-corrected chi connectivity index (χ4v) is 2.55. The molecule has 0 aliphatic carbocycles. The van der Waals surface area contributed by atoms with Gasteiger partial charge in [-0.1, -0.05) is 12.8 Å². The summed E-state index contributed by atoms with van der Waals surface area (Å²) < 4.78 is 0. The fourth-order valence-electron chi connectivity index (χ4n) is 2.55. The van der Waals surface area contributed by atoms with E-state index in [1.165, 1.54) is 0 Å². The number of nitrogens with one attached hydrogen (secondary N) is 2. The van der Waals surface area contributed by atoms with Crippen molar-refractivity contribution in [1.82, 2.24) is 5.48 Å². The molecule has 24 heavy (non-hydrogen) atoms. The Morgan fingerprint density at radius 1 is 0.917 bits per heavy atom. The quantitative estimate of drug-likeness (QED) is 0.329. The summed E-state index contributed by atoms with van der Waals surface area (Å²) in [4.78, 5) is 25.0. The number of carbonyl (C=O) groups excluding carboxylic acids is 2. The molecule has 0 heterocycles. The van der Waals surface area contributed by atoms with Crippen LogP contribution >= 0.6 is 0 Å². The minimum Gasteiger partial charge on any atom is -0.372 e. The topological polar surface area (TPSA) is 81.7 Å². The molecule has 0 spiro atoms. The van der Waals surface area contributed by atoms with E-state index in [1.807, 2.05) is 24.3 Å². The Morgan fingerprint density at radius 3 is 1.96 bits per heavy atom. The molecule has 0 atom stereocenters. The summed E-state index contributed by atoms with van der Waals surface area (Å²) in [5, 5.41) is 11.3. The number of hydroxylamine groups is 1. The first-order valence-electron chi connectivity index (χ1n) is 8.68. The molecule has 1 aromatic rings. The van der Waals surface area contributed by atoms with E-state index >= 15 is 0 Å². The number of hydrogen-bond donors (Lipinski definition) is 3. The molecule has 1 rings (SSSR count). The number of benzene rings is 1. The Balaban J connectivity index is 2.24. The highest BCUT2D eigenvalue weighted by Gasteiger charge is 2.05. The first-order chi connectivity index (χ1) is 11.6. The van der Waals surface area contributed by atoms with Gasteiger partial charge in [0.05, 0.1) is 0 Å². The van der Waals surface area contributed by atoms with Gasteiger partial charge in [-0.05, 0) is 51.0 Å². The van der Waals surface area contributed by atoms with Crippen LogP contribution in [0.2, 0.25) is 0 Å². The Morgan fingerprint density at radius 2 is 1.46 bits per heavy atom. The van der Waals surface area contributed by atoms with Gasteiger partial charge in [-0.3, -0.25) is 14.8 Å². The second-order valence-electron chi connectivity index (χ2n) is 5.72. The number of rotatable bonds is 11. The van der Waals surface area contributed by atoms with Crippen molar-refractivity contribution in [3.8, 4) is 0 Å². The molecule has 0 saturated carbocycles. The van der Waals surface area contributed by atoms with Gasteiger partial charge in [0.2, 0.25) is 11.8 Å². The molecule has 0 aromatic heterocycles. The van der Waals surface area contributed by atoms with Gasteiger partial charge >= 0.3 is 0 Å². The normalized spacial score (nSPS) is 10.3. The summed E-state index contributed by atoms with van der Waals surface area (Å²) in [7, 11) is 0. The second kappa shape index (κ2) is 11.5. The van der Waals surface area contributed by atoms with Crippen LogP contribution in [-0.4, -0.2) is 30.1 Å². The van der Waals surface area contributed by atoms with Crippen LogP contribution in [0.15, 0.2) is 24.3 Å². The molecule has 0 radical (unpaired) electrons. The predicted octanol–water partition coefficient (Wildman–Crippen LogP) is 3.32. The van der Waals surface area contributed by atoms with Gasteiger partial charge in [0.15, 0.2) is 0 Å². The number of amides is 2. The zero-order valence-corrected chi connectivity index (χ0v) is 14.7. The fraction of sp³-hybridized carbons (Fsp3) is 0.556. The third-order valence-corrected chi connectivity index (χ3v) is 3.96. The number of nitrogens with zero attached hydrogens (tertiary/aromatic N) is 1. The molecule has 134 valence electrons. The summed E-state index contributed by atoms with van der Waals surface area (Å²) in [5.41, 5.74) is 3.59. The SMILES string of the molecule is CCN(CC)c1ccc(NC(=O)CCCCCCC(=O)NO)cc1. The highest BCUT2D eigenvalue weighted by Crippen LogP contribution is 2.18. The third kappa shape index (κ3) is 7.46. The van der Waals surface area contributed by atoms with Crippen LogP contribution in [0.3, 0.4) is 0 Å². The molecule has 0 saturated heterocycles. The number of unbranched alkanes of at least 4 members (excludes halogenated alkanes) is 3. The number of hydrogen-bond acceptors (Lipinski definition) is 4. The van der Waals surface area contributed by atoms with Crippen LogP contribution in [0.4, 0.5) is 11.4 Å². The molecule has 2 amide bonds. The van der Waals surface area contributed by atoms with Gasteiger partial charge in [-0.15, -0.1) is 0 Å². The van der Waals surface area contributed by atoms with Crippen LogP contribution in [0, 0.1) is 0 Å². The van der Waals surface area contributed by atoms with Crippen molar-refractivity contribution in [2.24, 2.45) is 0 Å². The van der Waals surface area contributed by atoms with Gasteiger partial charge in [-0.2, -0.15) is 0 Å². The van der Waals surface area contributed by atoms with Gasteiger partial charge in [0.25, 0.3) is 0 Å². The van der Waals surface area contributed by atoms with Crippen molar-refractivity contribution in [2.75, 3.05) is 23.3 Å². The minimum absolute atomic E-state index is 0.0127. The van der Waals surface area contributed by atoms with E-state index < -0.39 is 0 Å². The predicted molar refractivity (Wildman–Crippen MR) is 96.3 cm³/mol. The van der Waals surface area contributed by atoms with Crippen molar-refractivity contribution >= 4 is 23.2 Å². The average Bonchev–Trinajstić information content (AvgIpc) is 2.60. The standard InChI is InChI=1S/C18H29N3O3/c1-3-21(4-2)16-13-11-15(12-14-16)19-17(22)9-7-5-6-8-10-18(23)20-24/h11-14,24H,3-10H2,1-2H3,(H,19,22)(H,20,23). The molecule has 6 nitrogen and oxygen atoms in total. The van der Waals surface area contributed by atoms with Gasteiger partial charge < -0.3 is 10.2 Å². The monoisotopic (exact) mass is 335 g/mol. The summed E-state index contributed by atoms with van der Waals surface area (Å²) in [5.74, 6) is -0.348. The number of anilines is 2. The summed E-state index contributed by atoms with van der Waals surface area (Å²) in [6.07, 6.45) is 4.09. The number of carbonyl (C=O) groups is 2. The average molecular weight is 335 g/mol. The van der Waals surface area contributed by atoms with Crippen molar-refractivity contribution < 1.29 is 14.8 Å². The summed E-state index contributed by atoms with van der Waals surface area (Å²) in [6, 6.07) is 7.90. The molecule has 6 heteroatoms. The largest absolute Gasteiger partial charge is 0.372 e. The summed E-state index contributed by atoms with van der Waals surface area (Å²) >= 11 is 0. The van der Waals surface area contributed by atoms with Crippen LogP contribution < -0.4 is 15.7 Å². The van der Waals surface area contributed by atoms with Gasteiger partial charge in [0, 0.05) is 37.3 Å². The Bertz CT molecular complexity index is 499. The molecular formula is C18H29N3O3. The molecule has 0 bridgehead atoms. The maximum atomic E-state index is 11.9. The maximum Gasteiger partial charge on any atom is 0.243 e. The van der Waals surface area contributed by atoms with Crippen LogP contribution in [0.5, 0.6) is 0 Å². The van der Waals surface area contributed by atoms with E-state index in [9.17, 15) is 9.59 Å². The first kappa shape index (κ1) is 20.0. The highest BCUT2D eigenvalue weighted by atomic mass is 16.5. The van der Waals surface area contributed by atoms with Crippen LogP contribution in [0.1, 0.15) is 52.4 Å². The van der Waals surface area contributed by atoms with Crippen molar-refractivity contribution in [3.63, 3.8) is 0 Å². The van der Waals surface area contributed by atoms with E-state index in [2.05, 4.69) is 24.1 Å². The van der Waals surface area contributed by atoms with Gasteiger partial charge in [-0.25, -0.2) is 5.48 Å². The zero-order chi connectivity index (χ0) is 17.8. The smallest absolute Gasteiger partial charge is 0.243 e. The molecule has 0 unspecified atom stereocenters. The lowest BCUT2D eigenvalue weighted by Crippen LogP contribution is -2.21. The zero-order valence-electron chi connectivity index (χ0n) is 14.7. The molecule has 0 fully saturated rings. The van der Waals surface area contributed by atoms with E-state index in [0.717, 1.165) is 50.1 Å². The molecule has 1 aromatic carbocycles. The maximum absolute atomic E-state index is 11.9. The lowest BCUT2D eigenvalue weighted by atomic mass is 10.1. The van der Waals surface area contributed by atoms with Crippen molar-refractivity contribution in [3.05, 3.63) is 24.3 Å². The van der Waals surface area contributed by atoms with Crippen LogP contribution in [-0.2, 0) is 9.59 Å². The summed E-state index contributed by atoms with van der Waals surface area (Å²) in [6.45, 7) is 6.16. The highest BCUT2D eigenvalue weighted by molar-refractivity contribution is 5.90. The van der Waals surface area contributed by atoms with Gasteiger partial charge in [0.1, 0.15) is 0 Å². The molecule has 0 aliphatic heterocycles. The second-order valence-corrected chi connectivity index (χ2v) is 5.72. The molecular weight excluding hydrogens is 306 g/mol. The Kier molecular flexibility index (Phi) is 9.53. The lowest BCUT2D eigenvalue weighted by molar-refractivity contribution is -0.129. The minimum atomic E-state index is -0.360. The third-order valence-electron chi connectivity index (χ3n) is 3.96. The van der Waals surface area contributed by atoms with E-state index in [0.29, 0.717) is 12.8 Å². The van der Waals surface area contributed by atoms with Crippen LogP contribution in [0.25, 0.3) is 0 Å². The van der Waals surface area contributed by atoms with E-state index in [1.54, 1.807) is 5.48 Å². The molecule has 0 aliphatic rings. The molecule has 3 N–H and O–H groups in total. The Hall–Kier alpha value is -2.08. The van der Waals surface area contributed by atoms with Crippen molar-refractivity contribution in [2.45, 2.75) is 52.4 Å².